The lowest BCUT2D eigenvalue weighted by molar-refractivity contribution is -0.144. The molecule has 0 unspecified atom stereocenters. The maximum absolute atomic E-state index is 13.5. The van der Waals surface area contributed by atoms with Gasteiger partial charge >= 0.3 is 0 Å². The van der Waals surface area contributed by atoms with Gasteiger partial charge < -0.3 is 9.88 Å². The molecule has 0 atom stereocenters. The molecule has 1 amide bonds. The number of hydrogen-bond donors (Lipinski definition) is 1. The summed E-state index contributed by atoms with van der Waals surface area (Å²) < 4.78 is 1.71. The summed E-state index contributed by atoms with van der Waals surface area (Å²) in [5.74, 6) is 1.59. The van der Waals surface area contributed by atoms with Crippen LogP contribution >= 0.6 is 0 Å². The first kappa shape index (κ1) is 17.3. The third kappa shape index (κ3) is 2.87. The predicted octanol–water partition coefficient (Wildman–Crippen LogP) is 2.62. The fraction of sp³-hybridized carbons (Fsp3) is 0.550. The maximum Gasteiger partial charge on any atom is 0.250 e. The van der Waals surface area contributed by atoms with E-state index in [9.17, 15) is 4.79 Å². The molecule has 8 nitrogen and oxygen atoms in total. The van der Waals surface area contributed by atoms with Gasteiger partial charge in [-0.25, -0.2) is 9.67 Å². The van der Waals surface area contributed by atoms with Crippen molar-refractivity contribution in [3.05, 3.63) is 36.4 Å². The van der Waals surface area contributed by atoms with Gasteiger partial charge in [0.05, 0.1) is 11.0 Å². The Hall–Kier alpha value is -2.77. The summed E-state index contributed by atoms with van der Waals surface area (Å²) in [6.07, 6.45) is 8.35. The van der Waals surface area contributed by atoms with Crippen molar-refractivity contribution in [3.8, 4) is 0 Å². The van der Waals surface area contributed by atoms with Crippen molar-refractivity contribution in [1.82, 2.24) is 35.1 Å². The number of hydrogen-bond acceptors (Lipinski definition) is 5. The molecular weight excluding hydrogens is 354 g/mol. The Morgan fingerprint density at radius 1 is 1.11 bits per heavy atom. The molecule has 1 saturated carbocycles. The second-order valence-corrected chi connectivity index (χ2v) is 8.05. The Bertz CT molecular complexity index is 917. The molecular formula is C20H25N7O. The average molecular weight is 379 g/mol. The van der Waals surface area contributed by atoms with Gasteiger partial charge in [-0.1, -0.05) is 31.4 Å². The number of imidazole rings is 1. The van der Waals surface area contributed by atoms with Crippen molar-refractivity contribution in [2.24, 2.45) is 0 Å². The highest BCUT2D eigenvalue weighted by Gasteiger charge is 2.45. The zero-order valence-corrected chi connectivity index (χ0v) is 15.9. The molecule has 146 valence electrons. The molecule has 1 aliphatic heterocycles. The first-order chi connectivity index (χ1) is 13.8. The van der Waals surface area contributed by atoms with Gasteiger partial charge in [-0.3, -0.25) is 4.79 Å². The van der Waals surface area contributed by atoms with E-state index in [-0.39, 0.29) is 5.91 Å². The molecule has 2 aliphatic rings. The van der Waals surface area contributed by atoms with Crippen LogP contribution in [0.2, 0.25) is 0 Å². The van der Waals surface area contributed by atoms with Crippen molar-refractivity contribution in [3.63, 3.8) is 0 Å². The van der Waals surface area contributed by atoms with Gasteiger partial charge in [0.1, 0.15) is 17.7 Å². The summed E-state index contributed by atoms with van der Waals surface area (Å²) in [6, 6.07) is 8.13. The first-order valence-electron chi connectivity index (χ1n) is 10.2. The highest BCUT2D eigenvalue weighted by molar-refractivity contribution is 5.84. The van der Waals surface area contributed by atoms with E-state index < -0.39 is 5.54 Å². The number of benzene rings is 1. The molecule has 2 fully saturated rings. The number of likely N-dealkylation sites (tertiary alicyclic amines) is 1. The van der Waals surface area contributed by atoms with Crippen molar-refractivity contribution < 1.29 is 4.79 Å². The molecule has 1 N–H and O–H groups in total. The summed E-state index contributed by atoms with van der Waals surface area (Å²) in [5, 5.41) is 11.7. The molecule has 0 spiro atoms. The molecule has 8 heteroatoms. The standard InChI is InChI=1S/C20H25N7O/c28-19(20(10-4-1-5-11-20)27-14-21-24-25-27)26-12-8-15(9-13-26)18-22-16-6-2-3-7-17(16)23-18/h2-3,6-7,14-15H,1,4-5,8-13H2,(H,22,23). The number of piperidine rings is 1. The van der Waals surface area contributed by atoms with E-state index in [1.165, 1.54) is 6.42 Å². The largest absolute Gasteiger partial charge is 0.342 e. The third-order valence-electron chi connectivity index (χ3n) is 6.44. The smallest absolute Gasteiger partial charge is 0.250 e. The van der Waals surface area contributed by atoms with Gasteiger partial charge in [0.15, 0.2) is 0 Å². The SMILES string of the molecule is O=C(N1CCC(c2nc3ccccc3[nH]2)CC1)C1(n2cnnn2)CCCCC1. The van der Waals surface area contributed by atoms with Gasteiger partial charge in [0, 0.05) is 19.0 Å². The normalized spacial score (nSPS) is 20.5. The molecule has 0 radical (unpaired) electrons. The van der Waals surface area contributed by atoms with Crippen LogP contribution < -0.4 is 0 Å². The topological polar surface area (TPSA) is 92.6 Å². The second kappa shape index (κ2) is 7.00. The molecule has 1 aliphatic carbocycles. The first-order valence-corrected chi connectivity index (χ1v) is 10.2. The highest BCUT2D eigenvalue weighted by Crippen LogP contribution is 2.37. The van der Waals surface area contributed by atoms with E-state index in [1.807, 2.05) is 23.1 Å². The maximum atomic E-state index is 13.5. The molecule has 5 rings (SSSR count). The number of amides is 1. The number of carbonyl (C=O) groups excluding carboxylic acids is 1. The number of nitrogens with one attached hydrogen (secondary N) is 1. The van der Waals surface area contributed by atoms with Crippen molar-refractivity contribution in [2.75, 3.05) is 13.1 Å². The quantitative estimate of drug-likeness (QED) is 0.755. The zero-order chi connectivity index (χ0) is 19.0. The van der Waals surface area contributed by atoms with Gasteiger partial charge in [0.2, 0.25) is 0 Å². The van der Waals surface area contributed by atoms with Crippen molar-refractivity contribution in [2.45, 2.75) is 56.4 Å². The molecule has 28 heavy (non-hydrogen) atoms. The Kier molecular flexibility index (Phi) is 4.33. The number of para-hydroxylation sites is 2. The average Bonchev–Trinajstić information content (AvgIpc) is 3.44. The molecule has 3 aromatic rings. The van der Waals surface area contributed by atoms with Crippen LogP contribution in [0.4, 0.5) is 0 Å². The van der Waals surface area contributed by atoms with E-state index in [0.717, 1.165) is 68.5 Å². The van der Waals surface area contributed by atoms with Crippen molar-refractivity contribution >= 4 is 16.9 Å². The number of tetrazole rings is 1. The minimum absolute atomic E-state index is 0.183. The van der Waals surface area contributed by atoms with Gasteiger partial charge in [0.25, 0.3) is 5.91 Å². The number of carbonyl (C=O) groups is 1. The lowest BCUT2D eigenvalue weighted by atomic mass is 9.80. The van der Waals surface area contributed by atoms with Crippen LogP contribution in [0.25, 0.3) is 11.0 Å². The minimum atomic E-state index is -0.603. The zero-order valence-electron chi connectivity index (χ0n) is 15.9. The van der Waals surface area contributed by atoms with E-state index in [4.69, 9.17) is 4.98 Å². The summed E-state index contributed by atoms with van der Waals surface area (Å²) in [7, 11) is 0. The van der Waals surface area contributed by atoms with E-state index in [0.29, 0.717) is 5.92 Å². The van der Waals surface area contributed by atoms with Gasteiger partial charge in [-0.05, 0) is 48.2 Å². The van der Waals surface area contributed by atoms with Crippen LogP contribution in [0.1, 0.15) is 56.7 Å². The number of fused-ring (bicyclic) bond motifs is 1. The van der Waals surface area contributed by atoms with Crippen molar-refractivity contribution in [1.29, 1.82) is 0 Å². The molecule has 3 heterocycles. The van der Waals surface area contributed by atoms with Crippen LogP contribution in [0.15, 0.2) is 30.6 Å². The monoisotopic (exact) mass is 379 g/mol. The highest BCUT2D eigenvalue weighted by atomic mass is 16.2. The summed E-state index contributed by atoms with van der Waals surface area (Å²) in [6.45, 7) is 1.51. The second-order valence-electron chi connectivity index (χ2n) is 8.05. The number of nitrogens with zero attached hydrogens (tertiary/aromatic N) is 6. The van der Waals surface area contributed by atoms with E-state index in [1.54, 1.807) is 11.0 Å². The molecule has 1 saturated heterocycles. The molecule has 2 aromatic heterocycles. The molecule has 1 aromatic carbocycles. The Balaban J connectivity index is 1.32. The molecule has 0 bridgehead atoms. The third-order valence-corrected chi connectivity index (χ3v) is 6.44. The van der Waals surface area contributed by atoms with Crippen LogP contribution in [0.5, 0.6) is 0 Å². The number of aromatic amines is 1. The van der Waals surface area contributed by atoms with E-state index >= 15 is 0 Å². The Labute approximate surface area is 163 Å². The van der Waals surface area contributed by atoms with Crippen LogP contribution in [-0.2, 0) is 10.3 Å². The number of rotatable bonds is 3. The van der Waals surface area contributed by atoms with Gasteiger partial charge in [-0.2, -0.15) is 0 Å². The van der Waals surface area contributed by atoms with E-state index in [2.05, 4.69) is 26.6 Å². The lowest BCUT2D eigenvalue weighted by Crippen LogP contribution is -2.53. The lowest BCUT2D eigenvalue weighted by Gasteiger charge is -2.41. The van der Waals surface area contributed by atoms with Gasteiger partial charge in [-0.15, -0.1) is 5.10 Å². The number of aromatic nitrogens is 6. The fourth-order valence-corrected chi connectivity index (χ4v) is 4.85. The number of H-pyrrole nitrogens is 1. The predicted molar refractivity (Wildman–Crippen MR) is 104 cm³/mol. The summed E-state index contributed by atoms with van der Waals surface area (Å²) in [4.78, 5) is 23.8. The summed E-state index contributed by atoms with van der Waals surface area (Å²) >= 11 is 0. The fourth-order valence-electron chi connectivity index (χ4n) is 4.85. The van der Waals surface area contributed by atoms with Crippen LogP contribution in [-0.4, -0.2) is 54.1 Å². The van der Waals surface area contributed by atoms with Crippen LogP contribution in [0, 0.1) is 0 Å². The summed E-state index contributed by atoms with van der Waals surface area (Å²) in [5.41, 5.74) is 1.49. The van der Waals surface area contributed by atoms with Crippen LogP contribution in [0.3, 0.4) is 0 Å². The minimum Gasteiger partial charge on any atom is -0.342 e. The Morgan fingerprint density at radius 2 is 1.89 bits per heavy atom. The Morgan fingerprint density at radius 3 is 2.61 bits per heavy atom.